The van der Waals surface area contributed by atoms with Gasteiger partial charge in [-0.1, -0.05) is 12.1 Å². The highest BCUT2D eigenvalue weighted by atomic mass is 19.1. The highest BCUT2D eigenvalue weighted by Gasteiger charge is 2.41. The molecule has 2 fully saturated rings. The summed E-state index contributed by atoms with van der Waals surface area (Å²) in [6.45, 7) is 8.28. The molecule has 198 valence electrons. The van der Waals surface area contributed by atoms with Crippen molar-refractivity contribution in [1.29, 1.82) is 0 Å². The first-order valence-corrected chi connectivity index (χ1v) is 12.1. The third kappa shape index (κ3) is 5.99. The van der Waals surface area contributed by atoms with Crippen LogP contribution in [0.4, 0.5) is 20.7 Å². The molecule has 2 aliphatic rings. The summed E-state index contributed by atoms with van der Waals surface area (Å²) >= 11 is 0. The van der Waals surface area contributed by atoms with Gasteiger partial charge in [0.25, 0.3) is 0 Å². The summed E-state index contributed by atoms with van der Waals surface area (Å²) in [6.07, 6.45) is 0.869. The number of aromatic nitrogens is 1. The summed E-state index contributed by atoms with van der Waals surface area (Å²) in [7, 11) is 0. The van der Waals surface area contributed by atoms with Crippen LogP contribution in [-0.4, -0.2) is 70.6 Å². The second-order valence-electron chi connectivity index (χ2n) is 10.4. The average molecular weight is 514 g/mol. The van der Waals surface area contributed by atoms with Crippen LogP contribution in [0.1, 0.15) is 50.8 Å². The number of benzene rings is 1. The Morgan fingerprint density at radius 2 is 1.81 bits per heavy atom. The molecule has 11 heteroatoms. The third-order valence-electron chi connectivity index (χ3n) is 6.36. The molecule has 0 aliphatic carbocycles. The quantitative estimate of drug-likeness (QED) is 0.604. The predicted molar refractivity (Wildman–Crippen MR) is 134 cm³/mol. The summed E-state index contributed by atoms with van der Waals surface area (Å²) in [6, 6.07) is 6.22. The molecule has 1 aromatic heterocycles. The summed E-state index contributed by atoms with van der Waals surface area (Å²) < 4.78 is 24.4. The Balaban J connectivity index is 1.56. The molecule has 10 nitrogen and oxygen atoms in total. The number of ether oxygens (including phenoxy) is 2. The lowest BCUT2D eigenvalue weighted by Gasteiger charge is -2.45. The van der Waals surface area contributed by atoms with E-state index in [1.54, 1.807) is 33.8 Å². The van der Waals surface area contributed by atoms with E-state index in [0.29, 0.717) is 30.3 Å². The molecule has 2 saturated heterocycles. The zero-order valence-electron chi connectivity index (χ0n) is 21.4. The topological polar surface area (TPSA) is 127 Å². The van der Waals surface area contributed by atoms with Gasteiger partial charge in [-0.05, 0) is 51.5 Å². The van der Waals surface area contributed by atoms with Crippen molar-refractivity contribution in [3.8, 4) is 0 Å². The number of carbonyl (C=O) groups excluding carboxylic acids is 3. The molecule has 3 amide bonds. The largest absolute Gasteiger partial charge is 0.444 e. The first-order chi connectivity index (χ1) is 17.4. The van der Waals surface area contributed by atoms with E-state index in [1.165, 1.54) is 40.3 Å². The van der Waals surface area contributed by atoms with Crippen molar-refractivity contribution in [2.75, 3.05) is 37.4 Å². The van der Waals surface area contributed by atoms with Crippen LogP contribution in [0.3, 0.4) is 0 Å². The van der Waals surface area contributed by atoms with E-state index in [2.05, 4.69) is 10.3 Å². The normalized spacial score (nSPS) is 20.2. The van der Waals surface area contributed by atoms with E-state index in [4.69, 9.17) is 15.2 Å². The molecule has 0 radical (unpaired) electrons. The molecule has 2 atom stereocenters. The number of piperazine rings is 1. The third-order valence-corrected chi connectivity index (χ3v) is 6.36. The van der Waals surface area contributed by atoms with Gasteiger partial charge >= 0.3 is 17.9 Å². The molecule has 4 rings (SSSR count). The number of nitrogen functional groups attached to an aromatic ring is 1. The van der Waals surface area contributed by atoms with Gasteiger partial charge in [0.05, 0.1) is 31.1 Å². The van der Waals surface area contributed by atoms with Gasteiger partial charge in [-0.3, -0.25) is 9.59 Å². The predicted octanol–water partition coefficient (Wildman–Crippen LogP) is 3.06. The lowest BCUT2D eigenvalue weighted by Crippen LogP contribution is -2.59. The highest BCUT2D eigenvalue weighted by molar-refractivity contribution is 6.39. The minimum absolute atomic E-state index is 0.0794. The molecule has 2 aromatic rings. The maximum absolute atomic E-state index is 13.6. The van der Waals surface area contributed by atoms with Gasteiger partial charge in [0, 0.05) is 30.6 Å². The second-order valence-corrected chi connectivity index (χ2v) is 10.4. The Kier molecular flexibility index (Phi) is 7.35. The summed E-state index contributed by atoms with van der Waals surface area (Å²) in [5, 5.41) is 2.62. The minimum atomic E-state index is -0.854. The Hall–Kier alpha value is -3.73. The number of anilines is 2. The van der Waals surface area contributed by atoms with Gasteiger partial charge in [-0.25, -0.2) is 14.2 Å². The van der Waals surface area contributed by atoms with E-state index in [0.717, 1.165) is 5.56 Å². The number of carbonyl (C=O) groups is 3. The fourth-order valence-electron chi connectivity index (χ4n) is 4.36. The number of halogens is 1. The average Bonchev–Trinajstić information content (AvgIpc) is 2.79. The summed E-state index contributed by atoms with van der Waals surface area (Å²) in [4.78, 5) is 46.4. The SMILES string of the molecule is C[C@@H]1CN(C(=O)C(=O)Nc2cnc(N)c(C3COC3)c2)[C@@H](c2ccc(F)cc2)CN1C(=O)OC(C)(C)C. The van der Waals surface area contributed by atoms with Crippen LogP contribution in [-0.2, 0) is 19.1 Å². The van der Waals surface area contributed by atoms with Crippen molar-refractivity contribution < 1.29 is 28.2 Å². The van der Waals surface area contributed by atoms with E-state index in [1.807, 2.05) is 0 Å². The van der Waals surface area contributed by atoms with Crippen molar-refractivity contribution in [1.82, 2.24) is 14.8 Å². The van der Waals surface area contributed by atoms with Crippen LogP contribution in [0.25, 0.3) is 0 Å². The van der Waals surface area contributed by atoms with Crippen molar-refractivity contribution in [3.63, 3.8) is 0 Å². The first kappa shape index (κ1) is 26.3. The van der Waals surface area contributed by atoms with E-state index in [9.17, 15) is 18.8 Å². The zero-order chi connectivity index (χ0) is 26.9. The van der Waals surface area contributed by atoms with Gasteiger partial charge in [-0.15, -0.1) is 0 Å². The summed E-state index contributed by atoms with van der Waals surface area (Å²) in [5.74, 6) is -1.63. The van der Waals surface area contributed by atoms with Gasteiger partial charge < -0.3 is 30.3 Å². The lowest BCUT2D eigenvalue weighted by atomic mass is 9.98. The van der Waals surface area contributed by atoms with Crippen LogP contribution in [0, 0.1) is 5.82 Å². The first-order valence-electron chi connectivity index (χ1n) is 12.1. The van der Waals surface area contributed by atoms with Crippen molar-refractivity contribution in [2.24, 2.45) is 0 Å². The van der Waals surface area contributed by atoms with Crippen LogP contribution in [0.2, 0.25) is 0 Å². The second kappa shape index (κ2) is 10.3. The number of hydrogen-bond acceptors (Lipinski definition) is 7. The van der Waals surface area contributed by atoms with Crippen molar-refractivity contribution in [3.05, 3.63) is 53.5 Å². The fraction of sp³-hybridized carbons (Fsp3) is 0.462. The van der Waals surface area contributed by atoms with Crippen LogP contribution < -0.4 is 11.1 Å². The maximum atomic E-state index is 13.6. The molecule has 0 spiro atoms. The Labute approximate surface area is 214 Å². The van der Waals surface area contributed by atoms with Gasteiger partial charge in [-0.2, -0.15) is 0 Å². The number of nitrogens with zero attached hydrogens (tertiary/aromatic N) is 3. The molecule has 0 unspecified atom stereocenters. The minimum Gasteiger partial charge on any atom is -0.444 e. The molecule has 37 heavy (non-hydrogen) atoms. The number of nitrogens with two attached hydrogens (primary N) is 1. The van der Waals surface area contributed by atoms with E-state index in [-0.39, 0.29) is 19.0 Å². The molecule has 2 aliphatic heterocycles. The standard InChI is InChI=1S/C26H32FN5O5/c1-15-11-32(24(34)23(33)30-19-9-20(17-13-36-14-17)22(28)29-10-19)21(16-5-7-18(27)8-6-16)12-31(15)25(35)37-26(2,3)4/h5-10,15,17,21H,11-14H2,1-4H3,(H2,28,29)(H,30,33)/t15-,21-/m1/s1. The molecule has 0 bridgehead atoms. The molecular weight excluding hydrogens is 481 g/mol. The van der Waals surface area contributed by atoms with Crippen LogP contribution in [0.5, 0.6) is 0 Å². The maximum Gasteiger partial charge on any atom is 0.410 e. The van der Waals surface area contributed by atoms with Gasteiger partial charge in [0.15, 0.2) is 0 Å². The van der Waals surface area contributed by atoms with E-state index < -0.39 is 41.4 Å². The molecule has 3 heterocycles. The Morgan fingerprint density at radius 1 is 1.14 bits per heavy atom. The Morgan fingerprint density at radius 3 is 2.41 bits per heavy atom. The number of nitrogens with one attached hydrogen (secondary N) is 1. The highest BCUT2D eigenvalue weighted by Crippen LogP contribution is 2.31. The Bertz CT molecular complexity index is 1180. The number of amides is 3. The van der Waals surface area contributed by atoms with Crippen LogP contribution in [0.15, 0.2) is 36.5 Å². The van der Waals surface area contributed by atoms with E-state index >= 15 is 0 Å². The molecule has 1 aromatic carbocycles. The fourth-order valence-corrected chi connectivity index (χ4v) is 4.36. The molecular formula is C26H32FN5O5. The number of hydrogen-bond donors (Lipinski definition) is 2. The number of pyridine rings is 1. The van der Waals surface area contributed by atoms with Crippen molar-refractivity contribution >= 4 is 29.4 Å². The summed E-state index contributed by atoms with van der Waals surface area (Å²) in [5.41, 5.74) is 6.94. The molecule has 0 saturated carbocycles. The monoisotopic (exact) mass is 513 g/mol. The number of rotatable bonds is 3. The van der Waals surface area contributed by atoms with Crippen LogP contribution >= 0.6 is 0 Å². The van der Waals surface area contributed by atoms with Crippen molar-refractivity contribution in [2.45, 2.75) is 51.3 Å². The molecule has 3 N–H and O–H groups in total. The zero-order valence-corrected chi connectivity index (χ0v) is 21.4. The van der Waals surface area contributed by atoms with Gasteiger partial charge in [0.2, 0.25) is 0 Å². The smallest absolute Gasteiger partial charge is 0.410 e. The lowest BCUT2D eigenvalue weighted by molar-refractivity contribution is -0.147. The van der Waals surface area contributed by atoms with Gasteiger partial charge in [0.1, 0.15) is 17.2 Å².